The van der Waals surface area contributed by atoms with E-state index in [-0.39, 0.29) is 22.0 Å². The predicted molar refractivity (Wildman–Crippen MR) is 77.5 cm³/mol. The third kappa shape index (κ3) is 3.05. The number of halogens is 2. The first-order chi connectivity index (χ1) is 10.8. The highest BCUT2D eigenvalue weighted by molar-refractivity contribution is 7.89. The molecule has 0 amide bonds. The summed E-state index contributed by atoms with van der Waals surface area (Å²) in [5, 5.41) is 15.2. The van der Waals surface area contributed by atoms with Gasteiger partial charge in [0.05, 0.1) is 11.0 Å². The molecule has 1 unspecified atom stereocenters. The molecule has 122 valence electrons. The van der Waals surface area contributed by atoms with Crippen molar-refractivity contribution in [3.63, 3.8) is 0 Å². The molecule has 23 heavy (non-hydrogen) atoms. The summed E-state index contributed by atoms with van der Waals surface area (Å²) in [4.78, 5) is -0.171. The number of aliphatic hydroxyl groups is 1. The standard InChI is InChI=1S/C15H13F2NO4S/c16-8-5-9(17)7-10(6-8)22-13-3-4-14(23(18,20)21)15-11(13)1-2-12(15)19/h3-7,12,19H,1-2H2,(H2,18,20,21). The molecule has 1 aliphatic carbocycles. The van der Waals surface area contributed by atoms with E-state index in [0.717, 1.165) is 12.1 Å². The average Bonchev–Trinajstić information content (AvgIpc) is 2.79. The number of benzene rings is 2. The van der Waals surface area contributed by atoms with Crippen molar-refractivity contribution in [1.29, 1.82) is 0 Å². The summed E-state index contributed by atoms with van der Waals surface area (Å²) >= 11 is 0. The SMILES string of the molecule is NS(=O)(=O)c1ccc(Oc2cc(F)cc(F)c2)c2c1C(O)CC2. The molecule has 0 aliphatic heterocycles. The van der Waals surface area contributed by atoms with Crippen molar-refractivity contribution in [3.8, 4) is 11.5 Å². The second-order valence-corrected chi connectivity index (χ2v) is 6.79. The second-order valence-electron chi connectivity index (χ2n) is 5.26. The van der Waals surface area contributed by atoms with E-state index in [4.69, 9.17) is 9.88 Å². The van der Waals surface area contributed by atoms with Crippen LogP contribution in [-0.4, -0.2) is 13.5 Å². The molecule has 0 saturated carbocycles. The molecule has 0 saturated heterocycles. The molecular formula is C15H13F2NO4S. The lowest BCUT2D eigenvalue weighted by atomic mass is 10.1. The van der Waals surface area contributed by atoms with Crippen molar-refractivity contribution < 1.29 is 27.0 Å². The van der Waals surface area contributed by atoms with Gasteiger partial charge in [0, 0.05) is 29.3 Å². The third-order valence-corrected chi connectivity index (χ3v) is 4.61. The maximum Gasteiger partial charge on any atom is 0.238 e. The first-order valence-corrected chi connectivity index (χ1v) is 8.31. The number of fused-ring (bicyclic) bond motifs is 1. The Hall–Kier alpha value is -2.03. The normalized spacial score (nSPS) is 17.1. The van der Waals surface area contributed by atoms with Crippen LogP contribution >= 0.6 is 0 Å². The molecule has 3 rings (SSSR count). The summed E-state index contributed by atoms with van der Waals surface area (Å²) in [5.74, 6) is -1.42. The number of nitrogens with two attached hydrogens (primary N) is 1. The van der Waals surface area contributed by atoms with Crippen LogP contribution in [0, 0.1) is 11.6 Å². The molecule has 2 aromatic rings. The fourth-order valence-corrected chi connectivity index (χ4v) is 3.55. The summed E-state index contributed by atoms with van der Waals surface area (Å²) < 4.78 is 55.2. The van der Waals surface area contributed by atoms with Gasteiger partial charge in [0.15, 0.2) is 0 Å². The van der Waals surface area contributed by atoms with Crippen molar-refractivity contribution in [2.45, 2.75) is 23.8 Å². The van der Waals surface area contributed by atoms with Crippen LogP contribution in [0.3, 0.4) is 0 Å². The van der Waals surface area contributed by atoms with Crippen molar-refractivity contribution in [1.82, 2.24) is 0 Å². The summed E-state index contributed by atoms with van der Waals surface area (Å²) in [7, 11) is -4.00. The lowest BCUT2D eigenvalue weighted by Crippen LogP contribution is -2.15. The van der Waals surface area contributed by atoms with Gasteiger partial charge in [-0.15, -0.1) is 0 Å². The lowest BCUT2D eigenvalue weighted by Gasteiger charge is -2.14. The van der Waals surface area contributed by atoms with Gasteiger partial charge >= 0.3 is 0 Å². The Balaban J connectivity index is 2.08. The number of primary sulfonamides is 1. The van der Waals surface area contributed by atoms with Crippen LogP contribution in [0.5, 0.6) is 11.5 Å². The van der Waals surface area contributed by atoms with Crippen LogP contribution in [0.2, 0.25) is 0 Å². The lowest BCUT2D eigenvalue weighted by molar-refractivity contribution is 0.177. The Labute approximate surface area is 131 Å². The molecule has 2 aromatic carbocycles. The summed E-state index contributed by atoms with van der Waals surface area (Å²) in [6.07, 6.45) is -0.297. The zero-order valence-corrected chi connectivity index (χ0v) is 12.6. The number of hydrogen-bond acceptors (Lipinski definition) is 4. The van der Waals surface area contributed by atoms with Gasteiger partial charge in [-0.25, -0.2) is 22.3 Å². The molecule has 1 atom stereocenters. The zero-order chi connectivity index (χ0) is 16.8. The van der Waals surface area contributed by atoms with E-state index >= 15 is 0 Å². The van der Waals surface area contributed by atoms with Crippen molar-refractivity contribution in [2.75, 3.05) is 0 Å². The van der Waals surface area contributed by atoms with Crippen LogP contribution in [0.15, 0.2) is 35.2 Å². The maximum atomic E-state index is 13.2. The van der Waals surface area contributed by atoms with Gasteiger partial charge < -0.3 is 9.84 Å². The van der Waals surface area contributed by atoms with Crippen LogP contribution in [0.4, 0.5) is 8.78 Å². The van der Waals surface area contributed by atoms with E-state index in [9.17, 15) is 22.3 Å². The van der Waals surface area contributed by atoms with Crippen LogP contribution < -0.4 is 9.88 Å². The van der Waals surface area contributed by atoms with Crippen molar-refractivity contribution >= 4 is 10.0 Å². The minimum Gasteiger partial charge on any atom is -0.457 e. The van der Waals surface area contributed by atoms with E-state index in [1.54, 1.807) is 0 Å². The largest absolute Gasteiger partial charge is 0.457 e. The van der Waals surface area contributed by atoms with Gasteiger partial charge in [-0.05, 0) is 25.0 Å². The van der Waals surface area contributed by atoms with Crippen LogP contribution in [-0.2, 0) is 16.4 Å². The highest BCUT2D eigenvalue weighted by atomic mass is 32.2. The molecule has 0 aromatic heterocycles. The van der Waals surface area contributed by atoms with Crippen molar-refractivity contribution in [2.24, 2.45) is 5.14 Å². The zero-order valence-electron chi connectivity index (χ0n) is 11.8. The predicted octanol–water partition coefficient (Wildman–Crippen LogP) is 2.38. The van der Waals surface area contributed by atoms with E-state index in [0.29, 0.717) is 24.5 Å². The number of ether oxygens (including phenoxy) is 1. The topological polar surface area (TPSA) is 89.6 Å². The quantitative estimate of drug-likeness (QED) is 0.897. The van der Waals surface area contributed by atoms with Gasteiger partial charge in [0.1, 0.15) is 23.1 Å². The van der Waals surface area contributed by atoms with E-state index in [1.807, 2.05) is 0 Å². The Bertz CT molecular complexity index is 863. The highest BCUT2D eigenvalue weighted by Crippen LogP contribution is 2.42. The monoisotopic (exact) mass is 341 g/mol. The fraction of sp³-hybridized carbons (Fsp3) is 0.200. The minimum atomic E-state index is -4.00. The first kappa shape index (κ1) is 15.9. The number of hydrogen-bond donors (Lipinski definition) is 2. The van der Waals surface area contributed by atoms with Gasteiger partial charge in [0.25, 0.3) is 0 Å². The van der Waals surface area contributed by atoms with E-state index in [1.165, 1.54) is 12.1 Å². The number of rotatable bonds is 3. The van der Waals surface area contributed by atoms with Gasteiger partial charge in [-0.3, -0.25) is 0 Å². The van der Waals surface area contributed by atoms with Gasteiger partial charge in [-0.2, -0.15) is 0 Å². The van der Waals surface area contributed by atoms with Crippen LogP contribution in [0.1, 0.15) is 23.7 Å². The third-order valence-electron chi connectivity index (χ3n) is 3.65. The fourth-order valence-electron chi connectivity index (χ4n) is 2.73. The van der Waals surface area contributed by atoms with E-state index in [2.05, 4.69) is 0 Å². The molecule has 5 nitrogen and oxygen atoms in total. The van der Waals surface area contributed by atoms with Crippen LogP contribution in [0.25, 0.3) is 0 Å². The van der Waals surface area contributed by atoms with E-state index < -0.39 is 27.8 Å². The Morgan fingerprint density at radius 2 is 1.83 bits per heavy atom. The number of aliphatic hydroxyl groups excluding tert-OH is 1. The van der Waals surface area contributed by atoms with Gasteiger partial charge in [0.2, 0.25) is 10.0 Å². The second kappa shape index (κ2) is 5.55. The summed E-state index contributed by atoms with van der Waals surface area (Å²) in [6, 6.07) is 5.31. The highest BCUT2D eigenvalue weighted by Gasteiger charge is 2.30. The Morgan fingerprint density at radius 1 is 1.17 bits per heavy atom. The maximum absolute atomic E-state index is 13.2. The van der Waals surface area contributed by atoms with Gasteiger partial charge in [-0.1, -0.05) is 0 Å². The Morgan fingerprint density at radius 3 is 2.43 bits per heavy atom. The molecular weight excluding hydrogens is 328 g/mol. The molecule has 1 aliphatic rings. The molecule has 8 heteroatoms. The summed E-state index contributed by atoms with van der Waals surface area (Å²) in [5.41, 5.74) is 0.649. The molecule has 0 fully saturated rings. The smallest absolute Gasteiger partial charge is 0.238 e. The first-order valence-electron chi connectivity index (χ1n) is 6.76. The Kier molecular flexibility index (Phi) is 3.83. The molecule has 0 spiro atoms. The summed E-state index contributed by atoms with van der Waals surface area (Å²) in [6.45, 7) is 0. The molecule has 0 radical (unpaired) electrons. The average molecular weight is 341 g/mol. The molecule has 0 heterocycles. The van der Waals surface area contributed by atoms with Crippen molar-refractivity contribution in [3.05, 3.63) is 53.1 Å². The molecule has 0 bridgehead atoms. The number of sulfonamides is 1. The molecule has 3 N–H and O–H groups in total. The minimum absolute atomic E-state index is 0.0607.